The summed E-state index contributed by atoms with van der Waals surface area (Å²) in [6.45, 7) is 14.3. The minimum absolute atomic E-state index is 0.0321. The second-order valence-electron chi connectivity index (χ2n) is 20.1. The van der Waals surface area contributed by atoms with Gasteiger partial charge >= 0.3 is 17.9 Å². The van der Waals surface area contributed by atoms with Gasteiger partial charge in [-0.15, -0.1) is 0 Å². The van der Waals surface area contributed by atoms with E-state index in [4.69, 9.17) is 37.9 Å². The molecule has 2 rings (SSSR count). The fourth-order valence-corrected chi connectivity index (χ4v) is 8.77. The van der Waals surface area contributed by atoms with Gasteiger partial charge in [-0.25, -0.2) is 9.59 Å². The molecule has 0 spiro atoms. The largest absolute Gasteiger partial charge is 0.462 e. The summed E-state index contributed by atoms with van der Waals surface area (Å²) in [7, 11) is 2.05. The van der Waals surface area contributed by atoms with Crippen LogP contribution in [-0.2, 0) is 52.3 Å². The maximum Gasteiger partial charge on any atom is 0.338 e. The van der Waals surface area contributed by atoms with Gasteiger partial charge in [0.25, 0.3) is 0 Å². The Hall–Kier alpha value is -1.83. The van der Waals surface area contributed by atoms with Crippen molar-refractivity contribution in [3.05, 3.63) is 0 Å². The Labute approximate surface area is 410 Å². The quantitative estimate of drug-likeness (QED) is 0.0327. The molecule has 2 unspecified atom stereocenters. The molecule has 2 saturated heterocycles. The lowest BCUT2D eigenvalue weighted by Crippen LogP contribution is -2.46. The van der Waals surface area contributed by atoms with E-state index >= 15 is 0 Å². The standard InChI is InChI=1S/C55H103NO11/c1-7-11-15-19-23-27-31-39-60-43-49(62-41-33-29-25-21-17-13-9-3)52(57)66-48-46-64-47(45-65-54(59)55(5)35-37-56(6)38-36-55)51(48)67-53(58)50(63-42-34-30-26-22-18-14-10-4)44-61-40-32-28-24-20-16-12-8-2/h47-51H,7-46H2,1-6H3/t47-,48+,49?,50?,51+/m1/s1. The molecule has 0 radical (unpaired) electrons. The van der Waals surface area contributed by atoms with Gasteiger partial charge in [-0.2, -0.15) is 0 Å². The zero-order valence-corrected chi connectivity index (χ0v) is 44.1. The van der Waals surface area contributed by atoms with Crippen LogP contribution in [0.5, 0.6) is 0 Å². The minimum Gasteiger partial charge on any atom is -0.462 e. The minimum atomic E-state index is -1.04. The molecule has 12 nitrogen and oxygen atoms in total. The van der Waals surface area contributed by atoms with E-state index in [0.29, 0.717) is 39.3 Å². The van der Waals surface area contributed by atoms with Crippen molar-refractivity contribution in [2.75, 3.05) is 73.0 Å². The van der Waals surface area contributed by atoms with Crippen LogP contribution in [0, 0.1) is 5.41 Å². The van der Waals surface area contributed by atoms with Crippen LogP contribution in [0.4, 0.5) is 0 Å². The Morgan fingerprint density at radius 1 is 0.537 bits per heavy atom. The fourth-order valence-electron chi connectivity index (χ4n) is 8.77. The number of ether oxygens (including phenoxy) is 8. The van der Waals surface area contributed by atoms with Gasteiger partial charge in [0.05, 0.1) is 25.2 Å². The zero-order valence-electron chi connectivity index (χ0n) is 44.1. The summed E-state index contributed by atoms with van der Waals surface area (Å²) in [6, 6.07) is 0. The predicted molar refractivity (Wildman–Crippen MR) is 268 cm³/mol. The van der Waals surface area contributed by atoms with Crippen LogP contribution in [0.15, 0.2) is 0 Å². The maximum absolute atomic E-state index is 14.2. The summed E-state index contributed by atoms with van der Waals surface area (Å²) in [4.78, 5) is 44.0. The molecule has 67 heavy (non-hydrogen) atoms. The SMILES string of the molecule is CCCCCCCCCOCC(OCCCCCCCCC)C(=O)O[C@@H]1[C@@H](OC(=O)C(COCCCCCCCCC)OCCCCCCCCC)CO[C@@H]1COC(=O)C1(C)CCN(C)CC1. The van der Waals surface area contributed by atoms with E-state index in [9.17, 15) is 14.4 Å². The molecule has 12 heteroatoms. The molecular weight excluding hydrogens is 851 g/mol. The number of carbonyl (C=O) groups excluding carboxylic acids is 3. The molecular formula is C55H103NO11. The lowest BCUT2D eigenvalue weighted by Gasteiger charge is -2.36. The van der Waals surface area contributed by atoms with Gasteiger partial charge in [0.2, 0.25) is 0 Å². The molecule has 0 saturated carbocycles. The fraction of sp³-hybridized carbons (Fsp3) is 0.945. The molecule has 0 amide bonds. The molecule has 0 aromatic rings. The smallest absolute Gasteiger partial charge is 0.338 e. The Morgan fingerprint density at radius 3 is 1.33 bits per heavy atom. The van der Waals surface area contributed by atoms with Crippen LogP contribution >= 0.6 is 0 Å². The van der Waals surface area contributed by atoms with Gasteiger partial charge in [0.15, 0.2) is 24.4 Å². The van der Waals surface area contributed by atoms with E-state index in [1.807, 2.05) is 6.92 Å². The zero-order chi connectivity index (χ0) is 48.6. The van der Waals surface area contributed by atoms with Crippen molar-refractivity contribution in [2.24, 2.45) is 5.41 Å². The number of unbranched alkanes of at least 4 members (excludes halogenated alkanes) is 24. The molecule has 5 atom stereocenters. The Morgan fingerprint density at radius 2 is 0.910 bits per heavy atom. The number of nitrogens with zero attached hydrogens (tertiary/aromatic N) is 1. The van der Waals surface area contributed by atoms with Crippen LogP contribution in [0.1, 0.15) is 227 Å². The first-order valence-electron chi connectivity index (χ1n) is 28.0. The number of likely N-dealkylation sites (tertiary alicyclic amines) is 1. The third-order valence-electron chi connectivity index (χ3n) is 13.7. The molecule has 2 heterocycles. The third-order valence-corrected chi connectivity index (χ3v) is 13.7. The van der Waals surface area contributed by atoms with Gasteiger partial charge in [0.1, 0.15) is 12.7 Å². The average Bonchev–Trinajstić information content (AvgIpc) is 3.70. The van der Waals surface area contributed by atoms with E-state index in [0.717, 1.165) is 77.3 Å². The lowest BCUT2D eigenvalue weighted by atomic mass is 9.80. The van der Waals surface area contributed by atoms with Gasteiger partial charge in [-0.05, 0) is 65.6 Å². The van der Waals surface area contributed by atoms with Crippen LogP contribution in [-0.4, -0.2) is 126 Å². The van der Waals surface area contributed by atoms with Gasteiger partial charge in [-0.3, -0.25) is 4.79 Å². The summed E-state index contributed by atoms with van der Waals surface area (Å²) in [5, 5.41) is 0. The average molecular weight is 954 g/mol. The van der Waals surface area contributed by atoms with E-state index < -0.39 is 47.9 Å². The van der Waals surface area contributed by atoms with Crippen molar-refractivity contribution in [1.29, 1.82) is 0 Å². The van der Waals surface area contributed by atoms with Crippen LogP contribution < -0.4 is 0 Å². The van der Waals surface area contributed by atoms with Crippen LogP contribution in [0.2, 0.25) is 0 Å². The van der Waals surface area contributed by atoms with Crippen molar-refractivity contribution >= 4 is 17.9 Å². The van der Waals surface area contributed by atoms with Crippen LogP contribution in [0.3, 0.4) is 0 Å². The highest BCUT2D eigenvalue weighted by Crippen LogP contribution is 2.33. The van der Waals surface area contributed by atoms with Crippen molar-refractivity contribution in [2.45, 2.75) is 258 Å². The van der Waals surface area contributed by atoms with E-state index in [-0.39, 0.29) is 32.4 Å². The third kappa shape index (κ3) is 29.2. The van der Waals surface area contributed by atoms with Gasteiger partial charge in [0, 0.05) is 26.4 Å². The first-order valence-corrected chi connectivity index (χ1v) is 28.0. The number of rotatable bonds is 45. The second kappa shape index (κ2) is 40.9. The normalized spacial score (nSPS) is 19.3. The molecule has 2 aliphatic rings. The number of carbonyl (C=O) groups is 3. The summed E-state index contributed by atoms with van der Waals surface area (Å²) >= 11 is 0. The maximum atomic E-state index is 14.2. The number of hydrogen-bond donors (Lipinski definition) is 0. The molecule has 0 aromatic heterocycles. The number of esters is 3. The summed E-state index contributed by atoms with van der Waals surface area (Å²) < 4.78 is 49.0. The summed E-state index contributed by atoms with van der Waals surface area (Å²) in [6.07, 6.45) is 28.7. The van der Waals surface area contributed by atoms with Gasteiger partial charge in [-0.1, -0.05) is 182 Å². The van der Waals surface area contributed by atoms with Gasteiger partial charge < -0.3 is 42.8 Å². The highest BCUT2D eigenvalue weighted by Gasteiger charge is 2.46. The topological polar surface area (TPSA) is 128 Å². The molecule has 0 bridgehead atoms. The highest BCUT2D eigenvalue weighted by molar-refractivity contribution is 5.77. The molecule has 0 aliphatic carbocycles. The Bertz CT molecular complexity index is 1200. The predicted octanol–water partition coefficient (Wildman–Crippen LogP) is 12.3. The van der Waals surface area contributed by atoms with E-state index in [1.165, 1.54) is 116 Å². The van der Waals surface area contributed by atoms with Crippen molar-refractivity contribution in [3.63, 3.8) is 0 Å². The van der Waals surface area contributed by atoms with Crippen molar-refractivity contribution < 1.29 is 52.3 Å². The Kier molecular flexibility index (Phi) is 37.4. The van der Waals surface area contributed by atoms with E-state index in [1.54, 1.807) is 0 Å². The Balaban J connectivity index is 2.19. The van der Waals surface area contributed by atoms with Crippen molar-refractivity contribution in [3.8, 4) is 0 Å². The van der Waals surface area contributed by atoms with Crippen molar-refractivity contribution in [1.82, 2.24) is 4.90 Å². The highest BCUT2D eigenvalue weighted by atomic mass is 16.7. The first-order chi connectivity index (χ1) is 32.7. The molecule has 394 valence electrons. The first kappa shape index (κ1) is 61.3. The monoisotopic (exact) mass is 954 g/mol. The summed E-state index contributed by atoms with van der Waals surface area (Å²) in [5.74, 6) is -1.50. The van der Waals surface area contributed by atoms with Crippen LogP contribution in [0.25, 0.3) is 0 Å². The molecule has 0 N–H and O–H groups in total. The lowest BCUT2D eigenvalue weighted by molar-refractivity contribution is -0.185. The molecule has 0 aromatic carbocycles. The number of hydrogen-bond acceptors (Lipinski definition) is 12. The van der Waals surface area contributed by atoms with E-state index in [2.05, 4.69) is 39.6 Å². The molecule has 2 fully saturated rings. The number of piperidine rings is 1. The summed E-state index contributed by atoms with van der Waals surface area (Å²) in [5.41, 5.74) is -0.625. The second-order valence-corrected chi connectivity index (χ2v) is 20.1. The molecule has 2 aliphatic heterocycles.